The lowest BCUT2D eigenvalue weighted by Crippen LogP contribution is -2.46. The average Bonchev–Trinajstić information content (AvgIpc) is 2.99. The molecule has 0 aliphatic heterocycles. The smallest absolute Gasteiger partial charge is 0.217 e. The number of anilines is 1. The van der Waals surface area contributed by atoms with Crippen molar-refractivity contribution < 1.29 is 0 Å². The molecule has 9 heteroatoms. The predicted octanol–water partition coefficient (Wildman–Crippen LogP) is 4.94. The van der Waals surface area contributed by atoms with Crippen molar-refractivity contribution in [3.05, 3.63) is 46.0 Å². The van der Waals surface area contributed by atoms with Gasteiger partial charge in [0.15, 0.2) is 5.65 Å². The number of aromatic nitrogens is 4. The first-order valence-electron chi connectivity index (χ1n) is 11.0. The zero-order chi connectivity index (χ0) is 24.4. The van der Waals surface area contributed by atoms with Crippen LogP contribution in [0.1, 0.15) is 56.3 Å². The van der Waals surface area contributed by atoms with Gasteiger partial charge in [-0.25, -0.2) is 9.97 Å². The van der Waals surface area contributed by atoms with Crippen LogP contribution in [0.15, 0.2) is 23.2 Å². The van der Waals surface area contributed by atoms with E-state index in [0.717, 1.165) is 33.8 Å². The van der Waals surface area contributed by atoms with Crippen LogP contribution in [0.3, 0.4) is 0 Å². The van der Waals surface area contributed by atoms with Gasteiger partial charge in [0, 0.05) is 36.9 Å². The van der Waals surface area contributed by atoms with E-state index in [4.69, 9.17) is 16.6 Å². The number of hydrogen-bond donors (Lipinski definition) is 0. The zero-order valence-corrected chi connectivity index (χ0v) is 21.3. The Morgan fingerprint density at radius 1 is 1.18 bits per heavy atom. The molecule has 0 fully saturated rings. The summed E-state index contributed by atoms with van der Waals surface area (Å²) in [6, 6.07) is 5.88. The predicted molar refractivity (Wildman–Crippen MR) is 133 cm³/mol. The Morgan fingerprint density at radius 2 is 1.88 bits per heavy atom. The molecule has 174 valence electrons. The SMILES string of the molecule is Cc1cc(N(C(=NC#N)N(C)Cc2cc(C(C)C)c3c(C)nn(C)c3n2)C(C)C)cc(Cl)n1. The van der Waals surface area contributed by atoms with Gasteiger partial charge in [-0.2, -0.15) is 10.4 Å². The maximum Gasteiger partial charge on any atom is 0.217 e. The van der Waals surface area contributed by atoms with Crippen molar-refractivity contribution in [2.24, 2.45) is 12.0 Å². The highest BCUT2D eigenvalue weighted by Gasteiger charge is 2.24. The highest BCUT2D eigenvalue weighted by atomic mass is 35.5. The lowest BCUT2D eigenvalue weighted by Gasteiger charge is -2.34. The van der Waals surface area contributed by atoms with E-state index in [-0.39, 0.29) is 6.04 Å². The van der Waals surface area contributed by atoms with E-state index >= 15 is 0 Å². The summed E-state index contributed by atoms with van der Waals surface area (Å²) >= 11 is 6.23. The molecule has 0 unspecified atom stereocenters. The molecule has 0 radical (unpaired) electrons. The van der Waals surface area contributed by atoms with E-state index in [1.165, 1.54) is 5.56 Å². The second kappa shape index (κ2) is 9.75. The van der Waals surface area contributed by atoms with Crippen molar-refractivity contribution >= 4 is 34.3 Å². The highest BCUT2D eigenvalue weighted by molar-refractivity contribution is 6.29. The van der Waals surface area contributed by atoms with Gasteiger partial charge in [-0.1, -0.05) is 25.4 Å². The van der Waals surface area contributed by atoms with Crippen LogP contribution in [-0.4, -0.2) is 43.7 Å². The lowest BCUT2D eigenvalue weighted by atomic mass is 9.99. The topological polar surface area (TPSA) is 86.2 Å². The van der Waals surface area contributed by atoms with E-state index in [2.05, 4.69) is 35.0 Å². The van der Waals surface area contributed by atoms with E-state index in [9.17, 15) is 5.26 Å². The number of pyridine rings is 2. The fraction of sp³-hybridized carbons (Fsp3) is 0.458. The Hall–Kier alpha value is -3.18. The second-order valence-electron chi connectivity index (χ2n) is 8.89. The van der Waals surface area contributed by atoms with Gasteiger partial charge in [0.05, 0.1) is 17.9 Å². The van der Waals surface area contributed by atoms with E-state index in [1.54, 1.807) is 6.07 Å². The number of nitrogens with zero attached hydrogens (tertiary/aromatic N) is 8. The van der Waals surface area contributed by atoms with Crippen LogP contribution >= 0.6 is 11.6 Å². The standard InChI is InChI=1S/C24H31ClN8/c1-14(2)20-10-18(29-23-22(20)17(6)30-32(23)8)12-31(7)24(27-13-26)33(15(3)4)19-9-16(5)28-21(25)11-19/h9-11,14-15H,12H2,1-8H3. The van der Waals surface area contributed by atoms with Gasteiger partial charge >= 0.3 is 0 Å². The number of rotatable bonds is 5. The van der Waals surface area contributed by atoms with Crippen molar-refractivity contribution in [3.8, 4) is 6.19 Å². The maximum absolute atomic E-state index is 9.48. The second-order valence-corrected chi connectivity index (χ2v) is 9.27. The molecule has 0 spiro atoms. The summed E-state index contributed by atoms with van der Waals surface area (Å²) in [6.07, 6.45) is 1.96. The van der Waals surface area contributed by atoms with Crippen molar-refractivity contribution in [2.75, 3.05) is 11.9 Å². The summed E-state index contributed by atoms with van der Waals surface area (Å²) < 4.78 is 1.83. The van der Waals surface area contributed by atoms with Crippen LogP contribution in [0.4, 0.5) is 5.69 Å². The van der Waals surface area contributed by atoms with Crippen LogP contribution in [0.2, 0.25) is 5.15 Å². The van der Waals surface area contributed by atoms with Crippen molar-refractivity contribution in [1.82, 2.24) is 24.6 Å². The van der Waals surface area contributed by atoms with Gasteiger partial charge in [-0.3, -0.25) is 4.68 Å². The number of hydrogen-bond acceptors (Lipinski definition) is 5. The Labute approximate surface area is 200 Å². The molecule has 0 saturated carbocycles. The van der Waals surface area contributed by atoms with Gasteiger partial charge in [0.2, 0.25) is 12.2 Å². The third-order valence-corrected chi connectivity index (χ3v) is 5.68. The number of guanidine groups is 1. The first-order valence-corrected chi connectivity index (χ1v) is 11.4. The van der Waals surface area contributed by atoms with Gasteiger partial charge in [-0.05, 0) is 57.4 Å². The van der Waals surface area contributed by atoms with Crippen LogP contribution in [0.25, 0.3) is 11.0 Å². The third kappa shape index (κ3) is 5.09. The minimum Gasteiger partial charge on any atom is -0.339 e. The summed E-state index contributed by atoms with van der Waals surface area (Å²) in [5.74, 6) is 0.840. The minimum atomic E-state index is 0.0267. The van der Waals surface area contributed by atoms with Crippen LogP contribution in [-0.2, 0) is 13.6 Å². The molecule has 0 amide bonds. The molecule has 8 nitrogen and oxygen atoms in total. The van der Waals surface area contributed by atoms with Crippen LogP contribution in [0, 0.1) is 25.3 Å². The fourth-order valence-electron chi connectivity index (χ4n) is 4.14. The number of halogens is 1. The van der Waals surface area contributed by atoms with Gasteiger partial charge in [0.1, 0.15) is 5.15 Å². The minimum absolute atomic E-state index is 0.0267. The zero-order valence-electron chi connectivity index (χ0n) is 20.5. The Bertz CT molecular complexity index is 1220. The molecule has 0 N–H and O–H groups in total. The number of nitriles is 1. The van der Waals surface area contributed by atoms with Gasteiger partial charge in [0.25, 0.3) is 0 Å². The molecule has 0 aliphatic carbocycles. The van der Waals surface area contributed by atoms with Gasteiger partial charge in [-0.15, -0.1) is 4.99 Å². The maximum atomic E-state index is 9.48. The quantitative estimate of drug-likeness (QED) is 0.229. The van der Waals surface area contributed by atoms with Crippen molar-refractivity contribution in [1.29, 1.82) is 5.26 Å². The molecular formula is C24H31ClN8. The van der Waals surface area contributed by atoms with E-state index in [0.29, 0.717) is 23.6 Å². The first-order chi connectivity index (χ1) is 15.5. The fourth-order valence-corrected chi connectivity index (χ4v) is 4.39. The summed E-state index contributed by atoms with van der Waals surface area (Å²) in [5, 5.41) is 15.6. The molecule has 0 aromatic carbocycles. The van der Waals surface area contributed by atoms with Crippen LogP contribution in [0.5, 0.6) is 0 Å². The van der Waals surface area contributed by atoms with Gasteiger partial charge < -0.3 is 9.80 Å². The molecule has 0 bridgehead atoms. The Kier molecular flexibility index (Phi) is 7.23. The van der Waals surface area contributed by atoms with Crippen molar-refractivity contribution in [3.63, 3.8) is 0 Å². The number of fused-ring (bicyclic) bond motifs is 1. The lowest BCUT2D eigenvalue weighted by molar-refractivity contribution is 0.476. The molecular weight excluding hydrogens is 436 g/mol. The molecule has 3 heterocycles. The molecule has 3 aromatic heterocycles. The molecule has 33 heavy (non-hydrogen) atoms. The molecule has 3 rings (SSSR count). The highest BCUT2D eigenvalue weighted by Crippen LogP contribution is 2.29. The molecule has 3 aromatic rings. The monoisotopic (exact) mass is 466 g/mol. The Balaban J connectivity index is 2.05. The number of aliphatic imine (C=N–C) groups is 1. The van der Waals surface area contributed by atoms with Crippen molar-refractivity contribution in [2.45, 2.75) is 60.0 Å². The Morgan fingerprint density at radius 3 is 2.45 bits per heavy atom. The van der Waals surface area contributed by atoms with Crippen LogP contribution < -0.4 is 4.90 Å². The summed E-state index contributed by atoms with van der Waals surface area (Å²) in [7, 11) is 3.83. The summed E-state index contributed by atoms with van der Waals surface area (Å²) in [6.45, 7) is 12.8. The first kappa shape index (κ1) is 24.5. The van der Waals surface area contributed by atoms with E-state index in [1.807, 2.05) is 68.5 Å². The molecule has 0 atom stereocenters. The third-order valence-electron chi connectivity index (χ3n) is 5.48. The normalized spacial score (nSPS) is 12.0. The number of aryl methyl sites for hydroxylation is 3. The largest absolute Gasteiger partial charge is 0.339 e. The molecule has 0 saturated heterocycles. The molecule has 0 aliphatic rings. The van der Waals surface area contributed by atoms with E-state index < -0.39 is 0 Å². The summed E-state index contributed by atoms with van der Waals surface area (Å²) in [4.78, 5) is 17.3. The summed E-state index contributed by atoms with van der Waals surface area (Å²) in [5.41, 5.74) is 5.56. The average molecular weight is 467 g/mol.